The topological polar surface area (TPSA) is 72.0 Å². The lowest BCUT2D eigenvalue weighted by Gasteiger charge is -2.15. The van der Waals surface area contributed by atoms with Gasteiger partial charge in [0, 0.05) is 32.1 Å². The molecule has 0 atom stereocenters. The van der Waals surface area contributed by atoms with Crippen molar-refractivity contribution in [1.82, 2.24) is 10.6 Å². The van der Waals surface area contributed by atoms with Gasteiger partial charge in [-0.1, -0.05) is 12.1 Å². The molecule has 2 rings (SSSR count). The normalized spacial score (nSPS) is 14.0. The second-order valence-corrected chi connectivity index (χ2v) is 6.75. The highest BCUT2D eigenvalue weighted by Gasteiger charge is 2.22. The number of aliphatic imine (C=N–C) groups is 1. The number of hydrogen-bond acceptors (Lipinski definition) is 4. The van der Waals surface area contributed by atoms with Crippen molar-refractivity contribution < 1.29 is 14.3 Å². The maximum Gasteiger partial charge on any atom is 0.305 e. The van der Waals surface area contributed by atoms with Crippen molar-refractivity contribution in [3.05, 3.63) is 29.3 Å². The third-order valence-electron chi connectivity index (χ3n) is 4.39. The Labute approximate surface area is 156 Å². The lowest BCUT2D eigenvalue weighted by atomic mass is 10.1. The Morgan fingerprint density at radius 1 is 1.27 bits per heavy atom. The molecule has 1 aliphatic rings. The molecule has 0 aliphatic heterocycles. The van der Waals surface area contributed by atoms with E-state index in [9.17, 15) is 4.79 Å². The summed E-state index contributed by atoms with van der Waals surface area (Å²) in [7, 11) is 3.17. The molecular formula is C20H31N3O3. The van der Waals surface area contributed by atoms with Crippen LogP contribution < -0.4 is 15.4 Å². The van der Waals surface area contributed by atoms with Gasteiger partial charge in [0.15, 0.2) is 5.96 Å². The van der Waals surface area contributed by atoms with Gasteiger partial charge in [0.1, 0.15) is 5.75 Å². The molecule has 0 bridgehead atoms. The minimum absolute atomic E-state index is 0.161. The van der Waals surface area contributed by atoms with E-state index in [0.717, 1.165) is 49.2 Å². The second kappa shape index (κ2) is 10.7. The van der Waals surface area contributed by atoms with Crippen LogP contribution in [0.2, 0.25) is 0 Å². The van der Waals surface area contributed by atoms with E-state index in [1.807, 2.05) is 0 Å². The number of aryl methyl sites for hydroxylation is 1. The number of nitrogens with zero attached hydrogens (tertiary/aromatic N) is 1. The van der Waals surface area contributed by atoms with Gasteiger partial charge in [0.2, 0.25) is 0 Å². The van der Waals surface area contributed by atoms with Gasteiger partial charge in [0.05, 0.1) is 13.7 Å². The molecule has 1 aromatic rings. The molecule has 0 radical (unpaired) electrons. The summed E-state index contributed by atoms with van der Waals surface area (Å²) in [5, 5.41) is 6.60. The molecule has 1 saturated carbocycles. The molecule has 0 aromatic heterocycles. The number of rotatable bonds is 10. The quantitative estimate of drug-likeness (QED) is 0.290. The summed E-state index contributed by atoms with van der Waals surface area (Å²) in [6.07, 6.45) is 4.71. The van der Waals surface area contributed by atoms with Gasteiger partial charge in [-0.15, -0.1) is 0 Å². The number of guanidine groups is 1. The number of unbranched alkanes of at least 4 members (excludes halogenated alkanes) is 1. The summed E-state index contributed by atoms with van der Waals surface area (Å²) in [5.74, 6) is 2.27. The number of methoxy groups -OCH3 is 1. The lowest BCUT2D eigenvalue weighted by Crippen LogP contribution is -2.37. The maximum absolute atomic E-state index is 11.1. The molecule has 6 nitrogen and oxygen atoms in total. The summed E-state index contributed by atoms with van der Waals surface area (Å²) >= 11 is 0. The molecule has 1 fully saturated rings. The molecule has 0 unspecified atom stereocenters. The molecule has 0 spiro atoms. The predicted octanol–water partition coefficient (Wildman–Crippen LogP) is 2.79. The number of carbonyl (C=O) groups is 1. The van der Waals surface area contributed by atoms with Crippen LogP contribution in [-0.4, -0.2) is 39.2 Å². The van der Waals surface area contributed by atoms with Crippen molar-refractivity contribution in [1.29, 1.82) is 0 Å². The molecule has 26 heavy (non-hydrogen) atoms. The SMILES string of the molecule is CN=C(NCCCCC(=O)OC)NCc1ccc(C)cc1OCC1CC1. The van der Waals surface area contributed by atoms with E-state index in [0.29, 0.717) is 13.0 Å². The molecular weight excluding hydrogens is 330 g/mol. The standard InChI is InChI=1S/C20H31N3O3/c1-15-7-10-17(18(12-15)26-14-16-8-9-16)13-23-20(21-2)22-11-5-4-6-19(24)25-3/h7,10,12,16H,4-6,8-9,11,13-14H2,1-3H3,(H2,21,22,23). The monoisotopic (exact) mass is 361 g/mol. The van der Waals surface area contributed by atoms with Gasteiger partial charge in [-0.3, -0.25) is 9.79 Å². The van der Waals surface area contributed by atoms with Crippen molar-refractivity contribution in [2.75, 3.05) is 27.3 Å². The van der Waals surface area contributed by atoms with Crippen LogP contribution in [-0.2, 0) is 16.1 Å². The van der Waals surface area contributed by atoms with Crippen molar-refractivity contribution in [2.45, 2.75) is 45.6 Å². The fraction of sp³-hybridized carbons (Fsp3) is 0.600. The molecule has 1 aromatic carbocycles. The van der Waals surface area contributed by atoms with Gasteiger partial charge >= 0.3 is 5.97 Å². The highest BCUT2D eigenvalue weighted by molar-refractivity contribution is 5.79. The van der Waals surface area contributed by atoms with Crippen LogP contribution in [0.15, 0.2) is 23.2 Å². The highest BCUT2D eigenvalue weighted by Crippen LogP contribution is 2.30. The lowest BCUT2D eigenvalue weighted by molar-refractivity contribution is -0.140. The Morgan fingerprint density at radius 3 is 2.77 bits per heavy atom. The first kappa shape index (κ1) is 20.1. The van der Waals surface area contributed by atoms with Crippen molar-refractivity contribution in [2.24, 2.45) is 10.9 Å². The number of esters is 1. The second-order valence-electron chi connectivity index (χ2n) is 6.75. The summed E-state index contributed by atoms with van der Waals surface area (Å²) in [6, 6.07) is 6.31. The van der Waals surface area contributed by atoms with Crippen LogP contribution >= 0.6 is 0 Å². The van der Waals surface area contributed by atoms with E-state index in [1.54, 1.807) is 7.05 Å². The number of carbonyl (C=O) groups excluding carboxylic acids is 1. The first-order valence-electron chi connectivity index (χ1n) is 9.36. The zero-order chi connectivity index (χ0) is 18.8. The highest BCUT2D eigenvalue weighted by atomic mass is 16.5. The number of ether oxygens (including phenoxy) is 2. The third-order valence-corrected chi connectivity index (χ3v) is 4.39. The average Bonchev–Trinajstić information content (AvgIpc) is 3.47. The van der Waals surface area contributed by atoms with Crippen LogP contribution in [0.3, 0.4) is 0 Å². The average molecular weight is 361 g/mol. The zero-order valence-electron chi connectivity index (χ0n) is 16.1. The molecule has 0 heterocycles. The minimum atomic E-state index is -0.161. The van der Waals surface area contributed by atoms with Crippen molar-refractivity contribution >= 4 is 11.9 Å². The van der Waals surface area contributed by atoms with Crippen LogP contribution in [0.5, 0.6) is 5.75 Å². The van der Waals surface area contributed by atoms with E-state index < -0.39 is 0 Å². The van der Waals surface area contributed by atoms with Gasteiger partial charge in [0.25, 0.3) is 0 Å². The fourth-order valence-electron chi connectivity index (χ4n) is 2.54. The van der Waals surface area contributed by atoms with Gasteiger partial charge in [-0.25, -0.2) is 0 Å². The largest absolute Gasteiger partial charge is 0.493 e. The summed E-state index contributed by atoms with van der Waals surface area (Å²) in [5.41, 5.74) is 2.33. The van der Waals surface area contributed by atoms with Gasteiger partial charge < -0.3 is 20.1 Å². The Hall–Kier alpha value is -2.24. The van der Waals surface area contributed by atoms with E-state index >= 15 is 0 Å². The van der Waals surface area contributed by atoms with Crippen LogP contribution in [0.4, 0.5) is 0 Å². The smallest absolute Gasteiger partial charge is 0.305 e. The van der Waals surface area contributed by atoms with Gasteiger partial charge in [-0.2, -0.15) is 0 Å². The molecule has 6 heteroatoms. The Morgan fingerprint density at radius 2 is 2.08 bits per heavy atom. The van der Waals surface area contributed by atoms with Crippen LogP contribution in [0, 0.1) is 12.8 Å². The Balaban J connectivity index is 1.75. The summed E-state index contributed by atoms with van der Waals surface area (Å²) in [4.78, 5) is 15.3. The number of hydrogen-bond donors (Lipinski definition) is 2. The first-order chi connectivity index (χ1) is 12.6. The molecule has 144 valence electrons. The Kier molecular flexibility index (Phi) is 8.25. The molecule has 2 N–H and O–H groups in total. The van der Waals surface area contributed by atoms with Crippen molar-refractivity contribution in [3.8, 4) is 5.75 Å². The number of nitrogens with one attached hydrogen (secondary N) is 2. The fourth-order valence-corrected chi connectivity index (χ4v) is 2.54. The predicted molar refractivity (Wildman–Crippen MR) is 103 cm³/mol. The molecule has 0 saturated heterocycles. The first-order valence-corrected chi connectivity index (χ1v) is 9.36. The third kappa shape index (κ3) is 7.33. The van der Waals surface area contributed by atoms with Gasteiger partial charge in [-0.05, 0) is 50.2 Å². The van der Waals surface area contributed by atoms with Crippen LogP contribution in [0.25, 0.3) is 0 Å². The van der Waals surface area contributed by atoms with Crippen LogP contribution in [0.1, 0.15) is 43.2 Å². The zero-order valence-corrected chi connectivity index (χ0v) is 16.1. The summed E-state index contributed by atoms with van der Waals surface area (Å²) in [6.45, 7) is 4.30. The van der Waals surface area contributed by atoms with E-state index in [2.05, 4.69) is 45.5 Å². The Bertz CT molecular complexity index is 612. The number of benzene rings is 1. The maximum atomic E-state index is 11.1. The molecule has 0 amide bonds. The minimum Gasteiger partial charge on any atom is -0.493 e. The summed E-state index contributed by atoms with van der Waals surface area (Å²) < 4.78 is 10.6. The van der Waals surface area contributed by atoms with E-state index in [4.69, 9.17) is 4.74 Å². The van der Waals surface area contributed by atoms with Crippen molar-refractivity contribution in [3.63, 3.8) is 0 Å². The van der Waals surface area contributed by atoms with E-state index in [-0.39, 0.29) is 5.97 Å². The molecule has 1 aliphatic carbocycles. The van der Waals surface area contributed by atoms with E-state index in [1.165, 1.54) is 25.5 Å².